The summed E-state index contributed by atoms with van der Waals surface area (Å²) < 4.78 is 23.7. The summed E-state index contributed by atoms with van der Waals surface area (Å²) in [6.07, 6.45) is 4.02. The highest BCUT2D eigenvalue weighted by Gasteiger charge is 2.34. The molecule has 0 bridgehead atoms. The normalized spacial score (nSPS) is 20.1. The lowest BCUT2D eigenvalue weighted by molar-refractivity contribution is -0.127. The molecule has 1 atom stereocenters. The van der Waals surface area contributed by atoms with Crippen molar-refractivity contribution >= 4 is 15.7 Å². The van der Waals surface area contributed by atoms with E-state index < -0.39 is 9.84 Å². The van der Waals surface area contributed by atoms with E-state index in [1.807, 2.05) is 18.2 Å². The fourth-order valence-electron chi connectivity index (χ4n) is 3.64. The van der Waals surface area contributed by atoms with Gasteiger partial charge in [0.05, 0.1) is 10.9 Å². The van der Waals surface area contributed by atoms with Crippen LogP contribution in [-0.4, -0.2) is 37.6 Å². The number of hydrogen-bond acceptors (Lipinski definition) is 4. The van der Waals surface area contributed by atoms with E-state index in [9.17, 15) is 13.2 Å². The molecule has 1 aliphatic carbocycles. The van der Waals surface area contributed by atoms with Crippen molar-refractivity contribution < 1.29 is 13.2 Å². The predicted octanol–water partition coefficient (Wildman–Crippen LogP) is 2.30. The van der Waals surface area contributed by atoms with Gasteiger partial charge in [0.1, 0.15) is 0 Å². The topological polar surface area (TPSA) is 66.5 Å². The van der Waals surface area contributed by atoms with Crippen molar-refractivity contribution in [1.82, 2.24) is 10.2 Å². The molecule has 2 aromatic rings. The number of nitrogens with zero attached hydrogens (tertiary/aromatic N) is 1. The SMILES string of the molecule is CS(=O)(=O)c1cccc(CN2Cc3ccccc3C[C@@H]2C(=O)NC2CC2)c1. The van der Waals surface area contributed by atoms with E-state index in [4.69, 9.17) is 0 Å². The number of carbonyl (C=O) groups excluding carboxylic acids is 1. The Morgan fingerprint density at radius 1 is 1.11 bits per heavy atom. The third kappa shape index (κ3) is 4.22. The number of fused-ring (bicyclic) bond motifs is 1. The minimum absolute atomic E-state index is 0.0753. The summed E-state index contributed by atoms with van der Waals surface area (Å²) in [6, 6.07) is 15.3. The molecule has 142 valence electrons. The first-order valence-electron chi connectivity index (χ1n) is 9.30. The Balaban J connectivity index is 1.60. The average molecular weight is 385 g/mol. The summed E-state index contributed by atoms with van der Waals surface area (Å²) in [4.78, 5) is 15.3. The van der Waals surface area contributed by atoms with Crippen LogP contribution in [0.3, 0.4) is 0 Å². The summed E-state index contributed by atoms with van der Waals surface area (Å²) in [7, 11) is -3.25. The van der Waals surface area contributed by atoms with Gasteiger partial charge in [-0.3, -0.25) is 9.69 Å². The van der Waals surface area contributed by atoms with Gasteiger partial charge in [-0.25, -0.2) is 8.42 Å². The smallest absolute Gasteiger partial charge is 0.237 e. The van der Waals surface area contributed by atoms with Crippen LogP contribution in [0.25, 0.3) is 0 Å². The van der Waals surface area contributed by atoms with Gasteiger partial charge in [0.15, 0.2) is 9.84 Å². The van der Waals surface area contributed by atoms with Gasteiger partial charge in [-0.15, -0.1) is 0 Å². The van der Waals surface area contributed by atoms with Crippen molar-refractivity contribution in [1.29, 1.82) is 0 Å². The van der Waals surface area contributed by atoms with Crippen LogP contribution >= 0.6 is 0 Å². The number of benzene rings is 2. The third-order valence-electron chi connectivity index (χ3n) is 5.28. The molecule has 0 unspecified atom stereocenters. The second kappa shape index (κ2) is 7.09. The molecule has 1 saturated carbocycles. The Morgan fingerprint density at radius 3 is 2.56 bits per heavy atom. The zero-order valence-corrected chi connectivity index (χ0v) is 16.2. The van der Waals surface area contributed by atoms with E-state index in [0.29, 0.717) is 30.4 Å². The highest BCUT2D eigenvalue weighted by molar-refractivity contribution is 7.90. The lowest BCUT2D eigenvalue weighted by Gasteiger charge is -2.36. The maximum atomic E-state index is 12.8. The van der Waals surface area contributed by atoms with Crippen molar-refractivity contribution in [2.24, 2.45) is 0 Å². The third-order valence-corrected chi connectivity index (χ3v) is 6.39. The monoisotopic (exact) mass is 384 g/mol. The zero-order chi connectivity index (χ0) is 19.0. The van der Waals surface area contributed by atoms with Gasteiger partial charge in [-0.1, -0.05) is 36.4 Å². The van der Waals surface area contributed by atoms with E-state index in [-0.39, 0.29) is 11.9 Å². The van der Waals surface area contributed by atoms with Crippen LogP contribution in [-0.2, 0) is 34.1 Å². The Bertz CT molecular complexity index is 967. The van der Waals surface area contributed by atoms with Crippen LogP contribution < -0.4 is 5.32 Å². The molecule has 5 nitrogen and oxygen atoms in total. The Labute approximate surface area is 160 Å². The molecule has 0 spiro atoms. The van der Waals surface area contributed by atoms with Gasteiger partial charge in [0.25, 0.3) is 0 Å². The lowest BCUT2D eigenvalue weighted by atomic mass is 9.93. The first-order chi connectivity index (χ1) is 12.9. The van der Waals surface area contributed by atoms with E-state index in [1.165, 1.54) is 17.4 Å². The van der Waals surface area contributed by atoms with Gasteiger partial charge in [0.2, 0.25) is 5.91 Å². The molecule has 1 amide bonds. The highest BCUT2D eigenvalue weighted by Crippen LogP contribution is 2.27. The quantitative estimate of drug-likeness (QED) is 0.859. The minimum Gasteiger partial charge on any atom is -0.352 e. The van der Waals surface area contributed by atoms with Crippen molar-refractivity contribution in [3.8, 4) is 0 Å². The molecule has 1 heterocycles. The summed E-state index contributed by atoms with van der Waals surface area (Å²) in [6.45, 7) is 1.22. The number of amides is 1. The summed E-state index contributed by atoms with van der Waals surface area (Å²) >= 11 is 0. The molecule has 0 saturated heterocycles. The zero-order valence-electron chi connectivity index (χ0n) is 15.4. The second-order valence-corrected chi connectivity index (χ2v) is 9.61. The lowest BCUT2D eigenvalue weighted by Crippen LogP contribution is -2.50. The molecule has 6 heteroatoms. The molecule has 1 aliphatic heterocycles. The summed E-state index contributed by atoms with van der Waals surface area (Å²) in [5, 5.41) is 3.13. The van der Waals surface area contributed by atoms with Crippen LogP contribution in [0, 0.1) is 0 Å². The molecule has 0 radical (unpaired) electrons. The fourth-order valence-corrected chi connectivity index (χ4v) is 4.33. The standard InChI is InChI=1S/C21H24N2O3S/c1-27(25,26)19-8-4-5-15(11-19)13-23-14-17-7-3-2-6-16(17)12-20(23)21(24)22-18-9-10-18/h2-8,11,18,20H,9-10,12-14H2,1H3,(H,22,24)/t20-/m1/s1. The number of sulfone groups is 1. The van der Waals surface area contributed by atoms with Gasteiger partial charge in [0, 0.05) is 25.4 Å². The minimum atomic E-state index is -3.25. The predicted molar refractivity (Wildman–Crippen MR) is 104 cm³/mol. The fraction of sp³-hybridized carbons (Fsp3) is 0.381. The molecular formula is C21H24N2O3S. The Hall–Kier alpha value is -2.18. The van der Waals surface area contributed by atoms with Crippen molar-refractivity contribution in [2.45, 2.75) is 49.3 Å². The molecule has 27 heavy (non-hydrogen) atoms. The molecule has 4 rings (SSSR count). The average Bonchev–Trinajstić information content (AvgIpc) is 3.44. The van der Waals surface area contributed by atoms with Crippen molar-refractivity contribution in [3.63, 3.8) is 0 Å². The van der Waals surface area contributed by atoms with E-state index in [2.05, 4.69) is 22.3 Å². The first kappa shape index (κ1) is 18.2. The van der Waals surface area contributed by atoms with Crippen molar-refractivity contribution in [2.75, 3.05) is 6.26 Å². The highest BCUT2D eigenvalue weighted by atomic mass is 32.2. The molecule has 0 aromatic heterocycles. The summed E-state index contributed by atoms with van der Waals surface area (Å²) in [5.74, 6) is 0.0753. The second-order valence-electron chi connectivity index (χ2n) is 7.60. The molecular weight excluding hydrogens is 360 g/mol. The maximum Gasteiger partial charge on any atom is 0.237 e. The van der Waals surface area contributed by atoms with Crippen molar-refractivity contribution in [3.05, 3.63) is 65.2 Å². The van der Waals surface area contributed by atoms with Gasteiger partial charge in [-0.2, -0.15) is 0 Å². The Kier molecular flexibility index (Phi) is 4.78. The van der Waals surface area contributed by atoms with Crippen LogP contribution in [0.5, 0.6) is 0 Å². The number of hydrogen-bond donors (Lipinski definition) is 1. The number of nitrogens with one attached hydrogen (secondary N) is 1. The van der Waals surface area contributed by atoms with Crippen LogP contribution in [0.1, 0.15) is 29.5 Å². The molecule has 2 aliphatic rings. The Morgan fingerprint density at radius 2 is 1.85 bits per heavy atom. The van der Waals surface area contributed by atoms with E-state index in [0.717, 1.165) is 18.4 Å². The van der Waals surface area contributed by atoms with Gasteiger partial charge < -0.3 is 5.32 Å². The van der Waals surface area contributed by atoms with Crippen LogP contribution in [0.2, 0.25) is 0 Å². The largest absolute Gasteiger partial charge is 0.352 e. The maximum absolute atomic E-state index is 12.8. The van der Waals surface area contributed by atoms with E-state index in [1.54, 1.807) is 18.2 Å². The van der Waals surface area contributed by atoms with Crippen LogP contribution in [0.4, 0.5) is 0 Å². The van der Waals surface area contributed by atoms with Crippen LogP contribution in [0.15, 0.2) is 53.4 Å². The summed E-state index contributed by atoms with van der Waals surface area (Å²) in [5.41, 5.74) is 3.35. The first-order valence-corrected chi connectivity index (χ1v) is 11.2. The molecule has 2 aromatic carbocycles. The van der Waals surface area contributed by atoms with Gasteiger partial charge in [-0.05, 0) is 48.1 Å². The molecule has 1 fully saturated rings. The molecule has 1 N–H and O–H groups in total. The van der Waals surface area contributed by atoms with Gasteiger partial charge >= 0.3 is 0 Å². The van der Waals surface area contributed by atoms with E-state index >= 15 is 0 Å². The number of rotatable bonds is 5. The number of carbonyl (C=O) groups is 1.